The van der Waals surface area contributed by atoms with E-state index in [4.69, 9.17) is 4.74 Å². The molecule has 1 fully saturated rings. The van der Waals surface area contributed by atoms with Crippen molar-refractivity contribution in [2.24, 2.45) is 0 Å². The van der Waals surface area contributed by atoms with Gasteiger partial charge in [-0.05, 0) is 31.6 Å². The normalized spacial score (nSPS) is 22.8. The fraction of sp³-hybridized carbons (Fsp3) is 0.562. The number of cyclic esters (lactones) is 1. The summed E-state index contributed by atoms with van der Waals surface area (Å²) < 4.78 is 5.27. The number of carbonyl (C=O) groups excluding carboxylic acids is 1. The van der Waals surface area contributed by atoms with Crippen molar-refractivity contribution >= 4 is 5.97 Å². The molecular weight excluding hydrogens is 238 g/mol. The minimum Gasteiger partial charge on any atom is -0.465 e. The van der Waals surface area contributed by atoms with E-state index in [1.807, 2.05) is 18.2 Å². The van der Waals surface area contributed by atoms with Crippen molar-refractivity contribution in [3.63, 3.8) is 0 Å². The first-order valence-electron chi connectivity index (χ1n) is 7.18. The van der Waals surface area contributed by atoms with Crippen LogP contribution in [-0.2, 0) is 14.9 Å². The molecule has 2 rings (SSSR count). The lowest BCUT2D eigenvalue weighted by Crippen LogP contribution is -2.36. The molecule has 0 bridgehead atoms. The smallest absolute Gasteiger partial charge is 0.316 e. The van der Waals surface area contributed by atoms with Gasteiger partial charge in [-0.15, -0.1) is 0 Å². The van der Waals surface area contributed by atoms with Crippen LogP contribution in [0.5, 0.6) is 0 Å². The topological polar surface area (TPSA) is 29.5 Å². The highest BCUT2D eigenvalue weighted by Crippen LogP contribution is 2.37. The molecule has 0 aromatic heterocycles. The number of hydrogen-bond acceptors (Lipinski definition) is 3. The molecular formula is C16H23NO2. The first-order chi connectivity index (χ1) is 9.23. The minimum atomic E-state index is -0.427. The zero-order valence-electron chi connectivity index (χ0n) is 11.9. The van der Waals surface area contributed by atoms with E-state index in [1.54, 1.807) is 0 Å². The molecule has 1 aromatic rings. The summed E-state index contributed by atoms with van der Waals surface area (Å²) in [7, 11) is 0. The second-order valence-electron chi connectivity index (χ2n) is 5.11. The van der Waals surface area contributed by atoms with Crippen LogP contribution in [0.1, 0.15) is 32.3 Å². The fourth-order valence-corrected chi connectivity index (χ4v) is 2.84. The molecule has 1 atom stereocenters. The lowest BCUT2D eigenvalue weighted by atomic mass is 9.76. The van der Waals surface area contributed by atoms with Crippen molar-refractivity contribution in [3.05, 3.63) is 35.9 Å². The van der Waals surface area contributed by atoms with Gasteiger partial charge in [0.1, 0.15) is 0 Å². The monoisotopic (exact) mass is 261 g/mol. The molecule has 0 saturated carbocycles. The van der Waals surface area contributed by atoms with Gasteiger partial charge < -0.3 is 9.64 Å². The van der Waals surface area contributed by atoms with Gasteiger partial charge in [0.25, 0.3) is 0 Å². The maximum Gasteiger partial charge on any atom is 0.316 e. The Balaban J connectivity index is 2.19. The van der Waals surface area contributed by atoms with Crippen molar-refractivity contribution in [3.8, 4) is 0 Å². The van der Waals surface area contributed by atoms with Crippen molar-refractivity contribution in [1.82, 2.24) is 4.90 Å². The molecule has 3 heteroatoms. The Bertz CT molecular complexity index is 414. The van der Waals surface area contributed by atoms with Gasteiger partial charge >= 0.3 is 5.97 Å². The molecule has 19 heavy (non-hydrogen) atoms. The summed E-state index contributed by atoms with van der Waals surface area (Å²) >= 11 is 0. The zero-order valence-corrected chi connectivity index (χ0v) is 11.9. The Morgan fingerprint density at radius 2 is 1.89 bits per heavy atom. The summed E-state index contributed by atoms with van der Waals surface area (Å²) in [6, 6.07) is 10.1. The van der Waals surface area contributed by atoms with Crippen molar-refractivity contribution in [2.45, 2.75) is 32.1 Å². The number of hydrogen-bond donors (Lipinski definition) is 0. The maximum atomic E-state index is 12.2. The molecule has 0 amide bonds. The van der Waals surface area contributed by atoms with E-state index >= 15 is 0 Å². The van der Waals surface area contributed by atoms with E-state index in [9.17, 15) is 4.79 Å². The summed E-state index contributed by atoms with van der Waals surface area (Å²) in [6.45, 7) is 7.85. The van der Waals surface area contributed by atoms with Crippen LogP contribution in [0.2, 0.25) is 0 Å². The Hall–Kier alpha value is -1.35. The highest BCUT2D eigenvalue weighted by atomic mass is 16.5. The second-order valence-corrected chi connectivity index (χ2v) is 5.11. The van der Waals surface area contributed by atoms with Gasteiger partial charge in [0.05, 0.1) is 12.0 Å². The Morgan fingerprint density at radius 1 is 1.21 bits per heavy atom. The van der Waals surface area contributed by atoms with E-state index in [0.29, 0.717) is 6.61 Å². The summed E-state index contributed by atoms with van der Waals surface area (Å²) in [6.07, 6.45) is 1.65. The van der Waals surface area contributed by atoms with Gasteiger partial charge in [0, 0.05) is 6.42 Å². The Labute approximate surface area is 115 Å². The molecule has 3 nitrogen and oxygen atoms in total. The first kappa shape index (κ1) is 14.1. The maximum absolute atomic E-state index is 12.2. The summed E-state index contributed by atoms with van der Waals surface area (Å²) in [5, 5.41) is 0. The quantitative estimate of drug-likeness (QED) is 0.737. The van der Waals surface area contributed by atoms with Crippen LogP contribution in [0.4, 0.5) is 0 Å². The van der Waals surface area contributed by atoms with Crippen LogP contribution < -0.4 is 0 Å². The van der Waals surface area contributed by atoms with Crippen LogP contribution in [0.3, 0.4) is 0 Å². The first-order valence-corrected chi connectivity index (χ1v) is 7.18. The molecule has 104 valence electrons. The number of rotatable bonds is 6. The van der Waals surface area contributed by atoms with Gasteiger partial charge in [-0.3, -0.25) is 4.79 Å². The third kappa shape index (κ3) is 2.81. The molecule has 1 aromatic carbocycles. The van der Waals surface area contributed by atoms with Crippen molar-refractivity contribution in [2.75, 3.05) is 26.2 Å². The van der Waals surface area contributed by atoms with Gasteiger partial charge in [-0.1, -0.05) is 44.2 Å². The third-order valence-corrected chi connectivity index (χ3v) is 4.23. The zero-order chi connectivity index (χ0) is 13.7. The molecule has 1 heterocycles. The Morgan fingerprint density at radius 3 is 2.42 bits per heavy atom. The highest BCUT2D eigenvalue weighted by molar-refractivity contribution is 5.85. The predicted molar refractivity (Wildman–Crippen MR) is 76.1 cm³/mol. The van der Waals surface area contributed by atoms with E-state index in [2.05, 4.69) is 30.9 Å². The molecule has 0 N–H and O–H groups in total. The van der Waals surface area contributed by atoms with E-state index < -0.39 is 5.41 Å². The van der Waals surface area contributed by atoms with Gasteiger partial charge in [-0.2, -0.15) is 0 Å². The second kappa shape index (κ2) is 6.20. The number of nitrogens with zero attached hydrogens (tertiary/aromatic N) is 1. The fourth-order valence-electron chi connectivity index (χ4n) is 2.84. The number of ether oxygens (including phenoxy) is 1. The standard InChI is InChI=1S/C16H23NO2/c1-3-17(4-2)12-10-16(11-13-19-15(16)18)14-8-6-5-7-9-14/h5-9H,3-4,10-13H2,1-2H3. The van der Waals surface area contributed by atoms with Crippen LogP contribution >= 0.6 is 0 Å². The van der Waals surface area contributed by atoms with E-state index in [1.165, 1.54) is 0 Å². The number of benzene rings is 1. The molecule has 0 aliphatic carbocycles. The highest BCUT2D eigenvalue weighted by Gasteiger charge is 2.45. The molecule has 1 unspecified atom stereocenters. The average Bonchev–Trinajstić information content (AvgIpc) is 2.83. The lowest BCUT2D eigenvalue weighted by molar-refractivity contribution is -0.143. The van der Waals surface area contributed by atoms with Gasteiger partial charge in [-0.25, -0.2) is 0 Å². The Kier molecular flexibility index (Phi) is 4.59. The van der Waals surface area contributed by atoms with Gasteiger partial charge in [0.15, 0.2) is 0 Å². The number of carbonyl (C=O) groups is 1. The minimum absolute atomic E-state index is 0.0501. The van der Waals surface area contributed by atoms with Crippen LogP contribution in [0.25, 0.3) is 0 Å². The SMILES string of the molecule is CCN(CC)CCC1(c2ccccc2)CCOC1=O. The molecule has 0 radical (unpaired) electrons. The molecule has 1 aliphatic heterocycles. The summed E-state index contributed by atoms with van der Waals surface area (Å²) in [5.41, 5.74) is 0.675. The third-order valence-electron chi connectivity index (χ3n) is 4.23. The average molecular weight is 261 g/mol. The summed E-state index contributed by atoms with van der Waals surface area (Å²) in [5.74, 6) is -0.0501. The number of esters is 1. The van der Waals surface area contributed by atoms with E-state index in [0.717, 1.165) is 38.0 Å². The van der Waals surface area contributed by atoms with Crippen LogP contribution in [0.15, 0.2) is 30.3 Å². The van der Waals surface area contributed by atoms with Crippen molar-refractivity contribution < 1.29 is 9.53 Å². The molecule has 1 saturated heterocycles. The van der Waals surface area contributed by atoms with Crippen LogP contribution in [-0.4, -0.2) is 37.1 Å². The van der Waals surface area contributed by atoms with Crippen LogP contribution in [0, 0.1) is 0 Å². The largest absolute Gasteiger partial charge is 0.465 e. The molecule has 1 aliphatic rings. The lowest BCUT2D eigenvalue weighted by Gasteiger charge is -2.28. The molecule has 0 spiro atoms. The summed E-state index contributed by atoms with van der Waals surface area (Å²) in [4.78, 5) is 14.6. The predicted octanol–water partition coefficient (Wildman–Crippen LogP) is 2.60. The van der Waals surface area contributed by atoms with Crippen molar-refractivity contribution in [1.29, 1.82) is 0 Å². The van der Waals surface area contributed by atoms with E-state index in [-0.39, 0.29) is 5.97 Å². The van der Waals surface area contributed by atoms with Gasteiger partial charge in [0.2, 0.25) is 0 Å².